The van der Waals surface area contributed by atoms with E-state index in [1.807, 2.05) is 31.2 Å². The van der Waals surface area contributed by atoms with Crippen molar-refractivity contribution in [2.75, 3.05) is 20.2 Å². The zero-order valence-corrected chi connectivity index (χ0v) is 9.23. The number of aliphatic hydroxyl groups is 1. The molecule has 0 aliphatic rings. The van der Waals surface area contributed by atoms with Crippen LogP contribution in [0.25, 0.3) is 0 Å². The van der Waals surface area contributed by atoms with Crippen molar-refractivity contribution in [2.24, 2.45) is 0 Å². The summed E-state index contributed by atoms with van der Waals surface area (Å²) in [6.07, 6.45) is 0.842. The summed E-state index contributed by atoms with van der Waals surface area (Å²) in [5.74, 6) is -0.0264. The van der Waals surface area contributed by atoms with Crippen molar-refractivity contribution in [1.29, 1.82) is 0 Å². The van der Waals surface area contributed by atoms with Gasteiger partial charge in [-0.2, -0.15) is 0 Å². The van der Waals surface area contributed by atoms with E-state index in [-0.39, 0.29) is 12.5 Å². The first kappa shape index (κ1) is 11.7. The highest BCUT2D eigenvalue weighted by atomic mass is 16.3. The summed E-state index contributed by atoms with van der Waals surface area (Å²) in [5.41, 5.74) is 1.78. The maximum Gasteiger partial charge on any atom is 0.253 e. The van der Waals surface area contributed by atoms with Crippen molar-refractivity contribution < 1.29 is 9.90 Å². The third-order valence-electron chi connectivity index (χ3n) is 2.41. The molecule has 1 N–H and O–H groups in total. The van der Waals surface area contributed by atoms with Crippen LogP contribution in [0.1, 0.15) is 22.8 Å². The van der Waals surface area contributed by atoms with Gasteiger partial charge in [0, 0.05) is 19.2 Å². The van der Waals surface area contributed by atoms with Crippen LogP contribution in [-0.4, -0.2) is 36.1 Å². The summed E-state index contributed by atoms with van der Waals surface area (Å²) in [5, 5.41) is 8.77. The summed E-state index contributed by atoms with van der Waals surface area (Å²) in [6, 6.07) is 7.58. The SMILES string of the molecule is CCc1ccccc1C(=O)N(C)CCO. The third kappa shape index (κ3) is 2.80. The minimum Gasteiger partial charge on any atom is -0.395 e. The molecule has 1 amide bonds. The fourth-order valence-electron chi connectivity index (χ4n) is 1.49. The first-order valence-electron chi connectivity index (χ1n) is 5.15. The van der Waals surface area contributed by atoms with E-state index < -0.39 is 0 Å². The van der Waals surface area contributed by atoms with Gasteiger partial charge in [-0.3, -0.25) is 4.79 Å². The van der Waals surface area contributed by atoms with Gasteiger partial charge < -0.3 is 10.0 Å². The van der Waals surface area contributed by atoms with Crippen molar-refractivity contribution in [1.82, 2.24) is 4.90 Å². The van der Waals surface area contributed by atoms with Crippen LogP contribution in [0.4, 0.5) is 0 Å². The molecule has 82 valence electrons. The van der Waals surface area contributed by atoms with Crippen molar-refractivity contribution >= 4 is 5.91 Å². The lowest BCUT2D eigenvalue weighted by atomic mass is 10.0. The molecule has 0 spiro atoms. The van der Waals surface area contributed by atoms with Crippen LogP contribution in [0, 0.1) is 0 Å². The number of hydrogen-bond acceptors (Lipinski definition) is 2. The highest BCUT2D eigenvalue weighted by Gasteiger charge is 2.13. The molecule has 1 aromatic rings. The van der Waals surface area contributed by atoms with Gasteiger partial charge in [0.25, 0.3) is 5.91 Å². The molecular formula is C12H17NO2. The lowest BCUT2D eigenvalue weighted by molar-refractivity contribution is 0.0766. The number of hydrogen-bond donors (Lipinski definition) is 1. The Labute approximate surface area is 90.3 Å². The number of aliphatic hydroxyl groups excluding tert-OH is 1. The Morgan fingerprint density at radius 2 is 2.07 bits per heavy atom. The number of amides is 1. The highest BCUT2D eigenvalue weighted by Crippen LogP contribution is 2.11. The molecule has 0 aromatic heterocycles. The van der Waals surface area contributed by atoms with Gasteiger partial charge in [-0.05, 0) is 18.1 Å². The molecule has 1 aromatic carbocycles. The average Bonchev–Trinajstić information content (AvgIpc) is 2.28. The van der Waals surface area contributed by atoms with Crippen LogP contribution < -0.4 is 0 Å². The van der Waals surface area contributed by atoms with Gasteiger partial charge in [0.1, 0.15) is 0 Å². The zero-order chi connectivity index (χ0) is 11.3. The molecule has 0 atom stereocenters. The normalized spacial score (nSPS) is 10.1. The number of aryl methyl sites for hydroxylation is 1. The van der Waals surface area contributed by atoms with Crippen molar-refractivity contribution in [3.8, 4) is 0 Å². The van der Waals surface area contributed by atoms with Gasteiger partial charge >= 0.3 is 0 Å². The molecule has 0 saturated heterocycles. The maximum absolute atomic E-state index is 11.9. The Balaban J connectivity index is 2.90. The van der Waals surface area contributed by atoms with Crippen LogP contribution in [0.2, 0.25) is 0 Å². The molecule has 0 bridgehead atoms. The summed E-state index contributed by atoms with van der Waals surface area (Å²) in [6.45, 7) is 2.39. The predicted octanol–water partition coefficient (Wildman–Crippen LogP) is 1.31. The Bertz CT molecular complexity index is 336. The zero-order valence-electron chi connectivity index (χ0n) is 9.23. The smallest absolute Gasteiger partial charge is 0.253 e. The molecule has 3 heteroatoms. The van der Waals surface area contributed by atoms with Gasteiger partial charge in [0.15, 0.2) is 0 Å². The molecule has 0 saturated carbocycles. The standard InChI is InChI=1S/C12H17NO2/c1-3-10-6-4-5-7-11(10)12(15)13(2)8-9-14/h4-7,14H,3,8-9H2,1-2H3. The first-order valence-corrected chi connectivity index (χ1v) is 5.15. The summed E-state index contributed by atoms with van der Waals surface area (Å²) >= 11 is 0. The third-order valence-corrected chi connectivity index (χ3v) is 2.41. The maximum atomic E-state index is 11.9. The molecule has 15 heavy (non-hydrogen) atoms. The van der Waals surface area contributed by atoms with E-state index in [4.69, 9.17) is 5.11 Å². The molecule has 3 nitrogen and oxygen atoms in total. The van der Waals surface area contributed by atoms with Gasteiger partial charge in [-0.25, -0.2) is 0 Å². The minimum atomic E-state index is -0.0264. The number of carbonyl (C=O) groups excluding carboxylic acids is 1. The molecule has 0 fully saturated rings. The summed E-state index contributed by atoms with van der Waals surface area (Å²) in [4.78, 5) is 13.5. The fourth-order valence-corrected chi connectivity index (χ4v) is 1.49. The van der Waals surface area contributed by atoms with Crippen LogP contribution in [0.5, 0.6) is 0 Å². The van der Waals surface area contributed by atoms with Crippen molar-refractivity contribution in [3.05, 3.63) is 35.4 Å². The van der Waals surface area contributed by atoms with E-state index in [0.29, 0.717) is 6.54 Å². The van der Waals surface area contributed by atoms with Gasteiger partial charge in [-0.1, -0.05) is 25.1 Å². The van der Waals surface area contributed by atoms with Crippen molar-refractivity contribution in [2.45, 2.75) is 13.3 Å². The Morgan fingerprint density at radius 1 is 1.40 bits per heavy atom. The molecule has 0 unspecified atom stereocenters. The molecule has 0 radical (unpaired) electrons. The van der Waals surface area contributed by atoms with Crippen LogP contribution in [0.3, 0.4) is 0 Å². The number of carbonyl (C=O) groups is 1. The molecule has 1 rings (SSSR count). The van der Waals surface area contributed by atoms with E-state index in [1.54, 1.807) is 7.05 Å². The summed E-state index contributed by atoms with van der Waals surface area (Å²) < 4.78 is 0. The van der Waals surface area contributed by atoms with Gasteiger partial charge in [0.2, 0.25) is 0 Å². The highest BCUT2D eigenvalue weighted by molar-refractivity contribution is 5.95. The number of likely N-dealkylation sites (N-methyl/N-ethyl adjacent to an activating group) is 1. The minimum absolute atomic E-state index is 0.00344. The van der Waals surface area contributed by atoms with Crippen LogP contribution in [0.15, 0.2) is 24.3 Å². The topological polar surface area (TPSA) is 40.5 Å². The second-order valence-corrected chi connectivity index (χ2v) is 3.46. The second-order valence-electron chi connectivity index (χ2n) is 3.46. The average molecular weight is 207 g/mol. The van der Waals surface area contributed by atoms with Gasteiger partial charge in [0.05, 0.1) is 6.61 Å². The Kier molecular flexibility index (Phi) is 4.31. The van der Waals surface area contributed by atoms with E-state index >= 15 is 0 Å². The molecule has 0 aliphatic heterocycles. The number of benzene rings is 1. The lowest BCUT2D eigenvalue weighted by Gasteiger charge is -2.17. The van der Waals surface area contributed by atoms with Crippen molar-refractivity contribution in [3.63, 3.8) is 0 Å². The largest absolute Gasteiger partial charge is 0.395 e. The summed E-state index contributed by atoms with van der Waals surface area (Å²) in [7, 11) is 1.70. The predicted molar refractivity (Wildman–Crippen MR) is 59.9 cm³/mol. The van der Waals surface area contributed by atoms with E-state index in [0.717, 1.165) is 17.5 Å². The monoisotopic (exact) mass is 207 g/mol. The van der Waals surface area contributed by atoms with E-state index in [2.05, 4.69) is 0 Å². The number of nitrogens with zero attached hydrogens (tertiary/aromatic N) is 1. The first-order chi connectivity index (χ1) is 7.20. The fraction of sp³-hybridized carbons (Fsp3) is 0.417. The molecule has 0 aliphatic carbocycles. The Morgan fingerprint density at radius 3 is 2.67 bits per heavy atom. The Hall–Kier alpha value is -1.35. The van der Waals surface area contributed by atoms with Crippen LogP contribution >= 0.6 is 0 Å². The quantitative estimate of drug-likeness (QED) is 0.808. The van der Waals surface area contributed by atoms with Gasteiger partial charge in [-0.15, -0.1) is 0 Å². The van der Waals surface area contributed by atoms with E-state index in [1.165, 1.54) is 4.90 Å². The lowest BCUT2D eigenvalue weighted by Crippen LogP contribution is -2.30. The number of rotatable bonds is 4. The molecular weight excluding hydrogens is 190 g/mol. The molecule has 0 heterocycles. The van der Waals surface area contributed by atoms with E-state index in [9.17, 15) is 4.79 Å². The van der Waals surface area contributed by atoms with Crippen LogP contribution in [-0.2, 0) is 6.42 Å². The second kappa shape index (κ2) is 5.51.